The van der Waals surface area contributed by atoms with Gasteiger partial charge in [0.25, 0.3) is 5.56 Å². The average Bonchev–Trinajstić information content (AvgIpc) is 2.31. The average molecular weight is 314 g/mol. The number of aromatic nitrogens is 1. The summed E-state index contributed by atoms with van der Waals surface area (Å²) in [5.41, 5.74) is -2.18. The quantitative estimate of drug-likeness (QED) is 0.725. The van der Waals surface area contributed by atoms with E-state index in [0.29, 0.717) is 25.2 Å². The molecule has 20 heavy (non-hydrogen) atoms. The second-order valence-corrected chi connectivity index (χ2v) is 3.88. The van der Waals surface area contributed by atoms with Gasteiger partial charge in [0.15, 0.2) is 0 Å². The molecule has 1 amide bonds. The number of halogens is 4. The standard InChI is InChI=1S/C11H14F3N3O2.ClH/c1-15-4-2-3-9(18)17-8-5-7(11(12,13)14)6-16-10(8)19;/h5-6,15H,2-4H2,1H3,(H,16,19)(H,17,18);1H. The highest BCUT2D eigenvalue weighted by Crippen LogP contribution is 2.29. The van der Waals surface area contributed by atoms with Gasteiger partial charge in [-0.25, -0.2) is 0 Å². The maximum absolute atomic E-state index is 12.4. The van der Waals surface area contributed by atoms with Crippen LogP contribution in [0.3, 0.4) is 0 Å². The third kappa shape index (κ3) is 5.62. The minimum atomic E-state index is -4.57. The van der Waals surface area contributed by atoms with Crippen molar-refractivity contribution in [1.29, 1.82) is 0 Å². The summed E-state index contributed by atoms with van der Waals surface area (Å²) in [6.07, 6.45) is -3.36. The van der Waals surface area contributed by atoms with Crippen LogP contribution in [0.5, 0.6) is 0 Å². The zero-order valence-corrected chi connectivity index (χ0v) is 11.5. The summed E-state index contributed by atoms with van der Waals surface area (Å²) >= 11 is 0. The van der Waals surface area contributed by atoms with Gasteiger partial charge in [0.05, 0.1) is 5.56 Å². The Morgan fingerprint density at radius 1 is 1.40 bits per heavy atom. The Balaban J connectivity index is 0.00000361. The van der Waals surface area contributed by atoms with E-state index in [4.69, 9.17) is 0 Å². The number of alkyl halides is 3. The second kappa shape index (κ2) is 7.91. The number of amides is 1. The van der Waals surface area contributed by atoms with Crippen LogP contribution in [0.1, 0.15) is 18.4 Å². The lowest BCUT2D eigenvalue weighted by Gasteiger charge is -2.09. The van der Waals surface area contributed by atoms with Crippen molar-refractivity contribution in [2.75, 3.05) is 18.9 Å². The van der Waals surface area contributed by atoms with E-state index in [2.05, 4.69) is 10.6 Å². The molecule has 1 aromatic heterocycles. The molecule has 9 heteroatoms. The molecule has 0 bridgehead atoms. The number of rotatable bonds is 5. The summed E-state index contributed by atoms with van der Waals surface area (Å²) < 4.78 is 37.3. The van der Waals surface area contributed by atoms with Crippen molar-refractivity contribution < 1.29 is 18.0 Å². The Hall–Kier alpha value is -1.54. The van der Waals surface area contributed by atoms with Crippen molar-refractivity contribution in [3.8, 4) is 0 Å². The van der Waals surface area contributed by atoms with Gasteiger partial charge in [-0.2, -0.15) is 13.2 Å². The Morgan fingerprint density at radius 2 is 2.05 bits per heavy atom. The van der Waals surface area contributed by atoms with Crippen LogP contribution >= 0.6 is 12.4 Å². The summed E-state index contributed by atoms with van der Waals surface area (Å²) in [7, 11) is 1.72. The van der Waals surface area contributed by atoms with Crippen LogP contribution in [0, 0.1) is 0 Å². The smallest absolute Gasteiger partial charge is 0.327 e. The van der Waals surface area contributed by atoms with Gasteiger partial charge in [0, 0.05) is 12.6 Å². The van der Waals surface area contributed by atoms with E-state index in [0.717, 1.165) is 0 Å². The predicted molar refractivity (Wildman–Crippen MR) is 71.1 cm³/mol. The lowest BCUT2D eigenvalue weighted by molar-refractivity contribution is -0.137. The van der Waals surface area contributed by atoms with E-state index in [-0.39, 0.29) is 18.8 Å². The van der Waals surface area contributed by atoms with Crippen molar-refractivity contribution in [3.05, 3.63) is 28.2 Å². The Labute approximate surface area is 119 Å². The molecule has 0 fully saturated rings. The van der Waals surface area contributed by atoms with Gasteiger partial charge in [-0.1, -0.05) is 0 Å². The van der Waals surface area contributed by atoms with E-state index in [9.17, 15) is 22.8 Å². The van der Waals surface area contributed by atoms with Crippen LogP contribution in [0.15, 0.2) is 17.1 Å². The molecule has 0 atom stereocenters. The summed E-state index contributed by atoms with van der Waals surface area (Å²) in [6.45, 7) is 0.604. The van der Waals surface area contributed by atoms with Crippen molar-refractivity contribution in [2.45, 2.75) is 19.0 Å². The summed E-state index contributed by atoms with van der Waals surface area (Å²) in [4.78, 5) is 24.7. The van der Waals surface area contributed by atoms with Gasteiger partial charge in [0.1, 0.15) is 5.69 Å². The third-order valence-electron chi connectivity index (χ3n) is 2.34. The Bertz CT molecular complexity index is 502. The molecule has 1 rings (SSSR count). The third-order valence-corrected chi connectivity index (χ3v) is 2.34. The first-order chi connectivity index (χ1) is 8.84. The molecule has 114 valence electrons. The molecule has 0 aromatic carbocycles. The lowest BCUT2D eigenvalue weighted by Crippen LogP contribution is -2.22. The molecule has 5 nitrogen and oxygen atoms in total. The number of anilines is 1. The van der Waals surface area contributed by atoms with Gasteiger partial charge in [-0.05, 0) is 26.1 Å². The predicted octanol–water partition coefficient (Wildman–Crippen LogP) is 1.75. The molecule has 0 spiro atoms. The van der Waals surface area contributed by atoms with Gasteiger partial charge < -0.3 is 15.6 Å². The van der Waals surface area contributed by atoms with Crippen LogP contribution in [-0.4, -0.2) is 24.5 Å². The van der Waals surface area contributed by atoms with Gasteiger partial charge in [-0.15, -0.1) is 12.4 Å². The highest BCUT2D eigenvalue weighted by Gasteiger charge is 2.31. The van der Waals surface area contributed by atoms with E-state index in [1.165, 1.54) is 0 Å². The molecule has 0 radical (unpaired) electrons. The molecular weight excluding hydrogens is 299 g/mol. The number of aromatic amines is 1. The fourth-order valence-electron chi connectivity index (χ4n) is 1.38. The molecule has 0 saturated heterocycles. The lowest BCUT2D eigenvalue weighted by atomic mass is 10.2. The fraction of sp³-hybridized carbons (Fsp3) is 0.455. The van der Waals surface area contributed by atoms with Crippen LogP contribution < -0.4 is 16.2 Å². The Kier molecular flexibility index (Phi) is 7.30. The normalized spacial score (nSPS) is 10.8. The molecule has 0 aliphatic rings. The van der Waals surface area contributed by atoms with E-state index >= 15 is 0 Å². The molecule has 1 aromatic rings. The number of carbonyl (C=O) groups is 1. The highest BCUT2D eigenvalue weighted by molar-refractivity contribution is 5.90. The molecule has 0 aliphatic carbocycles. The molecule has 3 N–H and O–H groups in total. The largest absolute Gasteiger partial charge is 0.417 e. The number of pyridine rings is 1. The maximum atomic E-state index is 12.4. The van der Waals surface area contributed by atoms with Crippen molar-refractivity contribution in [2.24, 2.45) is 0 Å². The molecule has 0 aliphatic heterocycles. The van der Waals surface area contributed by atoms with Crippen molar-refractivity contribution in [1.82, 2.24) is 10.3 Å². The first kappa shape index (κ1) is 18.5. The fourth-order valence-corrected chi connectivity index (χ4v) is 1.38. The first-order valence-electron chi connectivity index (χ1n) is 5.59. The van der Waals surface area contributed by atoms with E-state index in [1.807, 2.05) is 4.98 Å². The zero-order chi connectivity index (χ0) is 14.5. The van der Waals surface area contributed by atoms with Crippen LogP contribution in [0.4, 0.5) is 18.9 Å². The molecule has 1 heterocycles. The van der Waals surface area contributed by atoms with Gasteiger partial charge in [0.2, 0.25) is 5.91 Å². The van der Waals surface area contributed by atoms with E-state index in [1.54, 1.807) is 7.05 Å². The minimum absolute atomic E-state index is 0. The monoisotopic (exact) mass is 313 g/mol. The molecule has 0 unspecified atom stereocenters. The Morgan fingerprint density at radius 3 is 2.60 bits per heavy atom. The number of carbonyl (C=O) groups excluding carboxylic acids is 1. The zero-order valence-electron chi connectivity index (χ0n) is 10.6. The number of H-pyrrole nitrogens is 1. The SMILES string of the molecule is CNCCCC(=O)Nc1cc(C(F)(F)F)c[nH]c1=O.Cl. The second-order valence-electron chi connectivity index (χ2n) is 3.88. The number of hydrogen-bond donors (Lipinski definition) is 3. The van der Waals surface area contributed by atoms with Crippen LogP contribution in [-0.2, 0) is 11.0 Å². The van der Waals surface area contributed by atoms with Crippen LogP contribution in [0.2, 0.25) is 0 Å². The van der Waals surface area contributed by atoms with Crippen molar-refractivity contribution >= 4 is 24.0 Å². The summed E-state index contributed by atoms with van der Waals surface area (Å²) in [5.74, 6) is -0.500. The first-order valence-corrected chi connectivity index (χ1v) is 5.59. The van der Waals surface area contributed by atoms with Gasteiger partial charge >= 0.3 is 6.18 Å². The number of nitrogens with one attached hydrogen (secondary N) is 3. The molecule has 0 saturated carbocycles. The van der Waals surface area contributed by atoms with Gasteiger partial charge in [-0.3, -0.25) is 9.59 Å². The van der Waals surface area contributed by atoms with Crippen LogP contribution in [0.25, 0.3) is 0 Å². The summed E-state index contributed by atoms with van der Waals surface area (Å²) in [6, 6.07) is 0.620. The minimum Gasteiger partial charge on any atom is -0.327 e. The van der Waals surface area contributed by atoms with E-state index < -0.39 is 28.9 Å². The summed E-state index contributed by atoms with van der Waals surface area (Å²) in [5, 5.41) is 5.00. The number of hydrogen-bond acceptors (Lipinski definition) is 3. The maximum Gasteiger partial charge on any atom is 0.417 e. The molecular formula is C11H15ClF3N3O2. The topological polar surface area (TPSA) is 74.0 Å². The highest BCUT2D eigenvalue weighted by atomic mass is 35.5. The van der Waals surface area contributed by atoms with Crippen molar-refractivity contribution in [3.63, 3.8) is 0 Å².